The molecule has 0 amide bonds. The van der Waals surface area contributed by atoms with Gasteiger partial charge in [-0.3, -0.25) is 0 Å². The van der Waals surface area contributed by atoms with Crippen molar-refractivity contribution in [2.45, 2.75) is 6.42 Å². The second-order valence-electron chi connectivity index (χ2n) is 2.75. The lowest BCUT2D eigenvalue weighted by Crippen LogP contribution is -1.87. The molecule has 0 fully saturated rings. The number of aromatic nitrogens is 2. The summed E-state index contributed by atoms with van der Waals surface area (Å²) in [6.07, 6.45) is 0.698. The first-order valence-electron chi connectivity index (χ1n) is 3.96. The van der Waals surface area contributed by atoms with Gasteiger partial charge in [0.25, 0.3) is 0 Å². The molecule has 2 rings (SSSR count). The van der Waals surface area contributed by atoms with Gasteiger partial charge in [-0.25, -0.2) is 4.39 Å². The van der Waals surface area contributed by atoms with Crippen LogP contribution in [0.25, 0.3) is 0 Å². The largest absolute Gasteiger partial charge is 0.207 e. The van der Waals surface area contributed by atoms with Crippen LogP contribution in [0.5, 0.6) is 0 Å². The molecule has 1 heterocycles. The molecule has 0 atom stereocenters. The summed E-state index contributed by atoms with van der Waals surface area (Å²) in [4.78, 5) is 0. The molecule has 5 heteroatoms. The Morgan fingerprint density at radius 1 is 1.21 bits per heavy atom. The second-order valence-corrected chi connectivity index (χ2v) is 5.09. The number of halogens is 2. The molecule has 2 nitrogen and oxygen atoms in total. The lowest BCUT2D eigenvalue weighted by molar-refractivity contribution is 0.627. The van der Waals surface area contributed by atoms with E-state index in [1.54, 1.807) is 12.1 Å². The van der Waals surface area contributed by atoms with Crippen molar-refractivity contribution in [3.05, 3.63) is 44.6 Å². The smallest absolute Gasteiger partial charge is 0.183 e. The fourth-order valence-electron chi connectivity index (χ4n) is 1.08. The van der Waals surface area contributed by atoms with Crippen LogP contribution in [0.4, 0.5) is 4.39 Å². The van der Waals surface area contributed by atoms with Crippen LogP contribution in [0.15, 0.2) is 28.2 Å². The maximum atomic E-state index is 12.6. The van der Waals surface area contributed by atoms with Crippen molar-refractivity contribution in [2.24, 2.45) is 0 Å². The van der Waals surface area contributed by atoms with E-state index in [9.17, 15) is 4.39 Å². The van der Waals surface area contributed by atoms with Gasteiger partial charge in [0.1, 0.15) is 10.8 Å². The van der Waals surface area contributed by atoms with Gasteiger partial charge < -0.3 is 0 Å². The number of hydrogen-bond donors (Lipinski definition) is 0. The normalized spacial score (nSPS) is 10.4. The van der Waals surface area contributed by atoms with E-state index >= 15 is 0 Å². The van der Waals surface area contributed by atoms with Gasteiger partial charge in [0, 0.05) is 6.42 Å². The predicted molar refractivity (Wildman–Crippen MR) is 56.8 cm³/mol. The molecule has 0 aliphatic rings. The van der Waals surface area contributed by atoms with Gasteiger partial charge >= 0.3 is 0 Å². The summed E-state index contributed by atoms with van der Waals surface area (Å²) in [5.41, 5.74) is 1.04. The molecule has 0 N–H and O–H groups in total. The van der Waals surface area contributed by atoms with Crippen LogP contribution in [0.3, 0.4) is 0 Å². The summed E-state index contributed by atoms with van der Waals surface area (Å²) in [5, 5.41) is 8.72. The van der Waals surface area contributed by atoms with Gasteiger partial charge in [0.05, 0.1) is 0 Å². The van der Waals surface area contributed by atoms with Crippen molar-refractivity contribution < 1.29 is 4.39 Å². The van der Waals surface area contributed by atoms with E-state index in [2.05, 4.69) is 26.1 Å². The third-order valence-corrected chi connectivity index (χ3v) is 3.07. The van der Waals surface area contributed by atoms with Crippen molar-refractivity contribution in [1.82, 2.24) is 10.2 Å². The lowest BCUT2D eigenvalue weighted by atomic mass is 10.2. The van der Waals surface area contributed by atoms with Crippen molar-refractivity contribution >= 4 is 27.3 Å². The molecule has 0 unspecified atom stereocenters. The van der Waals surface area contributed by atoms with Gasteiger partial charge in [-0.2, -0.15) is 0 Å². The SMILES string of the molecule is Fc1ccc(Cc2nnc(Br)s2)cc1. The van der Waals surface area contributed by atoms with Crippen LogP contribution in [-0.4, -0.2) is 10.2 Å². The maximum absolute atomic E-state index is 12.6. The second kappa shape index (κ2) is 4.14. The van der Waals surface area contributed by atoms with E-state index in [1.807, 2.05) is 0 Å². The highest BCUT2D eigenvalue weighted by Crippen LogP contribution is 2.18. The molecule has 0 bridgehead atoms. The molecule has 0 aliphatic carbocycles. The van der Waals surface area contributed by atoms with Crippen molar-refractivity contribution in [3.8, 4) is 0 Å². The predicted octanol–water partition coefficient (Wildman–Crippen LogP) is 3.03. The van der Waals surface area contributed by atoms with Crippen LogP contribution >= 0.6 is 27.3 Å². The van der Waals surface area contributed by atoms with Gasteiger partial charge in [-0.1, -0.05) is 23.5 Å². The van der Waals surface area contributed by atoms with Gasteiger partial charge in [0.15, 0.2) is 3.92 Å². The average Bonchev–Trinajstić information content (AvgIpc) is 2.56. The van der Waals surface area contributed by atoms with E-state index < -0.39 is 0 Å². The molecule has 2 aromatic rings. The molecule has 14 heavy (non-hydrogen) atoms. The minimum absolute atomic E-state index is 0.216. The Morgan fingerprint density at radius 3 is 2.50 bits per heavy atom. The maximum Gasteiger partial charge on any atom is 0.183 e. The molecule has 1 aromatic carbocycles. The van der Waals surface area contributed by atoms with Crippen molar-refractivity contribution in [1.29, 1.82) is 0 Å². The third kappa shape index (κ3) is 2.36. The molecule has 0 spiro atoms. The summed E-state index contributed by atoms with van der Waals surface area (Å²) in [6, 6.07) is 6.41. The lowest BCUT2D eigenvalue weighted by Gasteiger charge is -1.95. The summed E-state index contributed by atoms with van der Waals surface area (Å²) >= 11 is 4.73. The molecular formula is C9H6BrFN2S. The molecule has 0 saturated heterocycles. The van der Waals surface area contributed by atoms with Crippen LogP contribution < -0.4 is 0 Å². The Bertz CT molecular complexity index is 427. The van der Waals surface area contributed by atoms with Crippen molar-refractivity contribution in [2.75, 3.05) is 0 Å². The van der Waals surface area contributed by atoms with E-state index in [0.29, 0.717) is 6.42 Å². The zero-order valence-electron chi connectivity index (χ0n) is 7.08. The Morgan fingerprint density at radius 2 is 1.93 bits per heavy atom. The van der Waals surface area contributed by atoms with E-state index in [0.717, 1.165) is 14.5 Å². The first kappa shape index (κ1) is 9.73. The van der Waals surface area contributed by atoms with Crippen LogP contribution in [0.1, 0.15) is 10.6 Å². The first-order valence-corrected chi connectivity index (χ1v) is 5.57. The van der Waals surface area contributed by atoms with Crippen LogP contribution in [-0.2, 0) is 6.42 Å². The monoisotopic (exact) mass is 272 g/mol. The Hall–Kier alpha value is -0.810. The van der Waals surface area contributed by atoms with Crippen LogP contribution in [0, 0.1) is 5.82 Å². The van der Waals surface area contributed by atoms with E-state index in [-0.39, 0.29) is 5.82 Å². The molecule has 0 radical (unpaired) electrons. The Labute approximate surface area is 92.9 Å². The quantitative estimate of drug-likeness (QED) is 0.840. The minimum Gasteiger partial charge on any atom is -0.207 e. The van der Waals surface area contributed by atoms with Gasteiger partial charge in [-0.15, -0.1) is 10.2 Å². The minimum atomic E-state index is -0.216. The summed E-state index contributed by atoms with van der Waals surface area (Å²) in [5.74, 6) is -0.216. The van der Waals surface area contributed by atoms with E-state index in [1.165, 1.54) is 23.5 Å². The van der Waals surface area contributed by atoms with Gasteiger partial charge in [0.2, 0.25) is 0 Å². The molecule has 72 valence electrons. The summed E-state index contributed by atoms with van der Waals surface area (Å²) in [6.45, 7) is 0. The molecule has 0 aliphatic heterocycles. The number of benzene rings is 1. The molecular weight excluding hydrogens is 267 g/mol. The first-order chi connectivity index (χ1) is 6.74. The zero-order valence-corrected chi connectivity index (χ0v) is 9.48. The standard InChI is InChI=1S/C9H6BrFN2S/c10-9-13-12-8(14-9)5-6-1-3-7(11)4-2-6/h1-4H,5H2. The highest BCUT2D eigenvalue weighted by Gasteiger charge is 2.02. The average molecular weight is 273 g/mol. The molecule has 1 aromatic heterocycles. The van der Waals surface area contributed by atoms with Crippen molar-refractivity contribution in [3.63, 3.8) is 0 Å². The van der Waals surface area contributed by atoms with Crippen LogP contribution in [0.2, 0.25) is 0 Å². The summed E-state index contributed by atoms with van der Waals surface area (Å²) in [7, 11) is 0. The van der Waals surface area contributed by atoms with Gasteiger partial charge in [-0.05, 0) is 33.6 Å². The zero-order chi connectivity index (χ0) is 9.97. The molecule has 0 saturated carbocycles. The third-order valence-electron chi connectivity index (χ3n) is 1.71. The van der Waals surface area contributed by atoms with E-state index in [4.69, 9.17) is 0 Å². The highest BCUT2D eigenvalue weighted by atomic mass is 79.9. The summed E-state index contributed by atoms with van der Waals surface area (Å²) < 4.78 is 13.4. The number of hydrogen-bond acceptors (Lipinski definition) is 3. The topological polar surface area (TPSA) is 25.8 Å². The highest BCUT2D eigenvalue weighted by molar-refractivity contribution is 9.11. The Kier molecular flexibility index (Phi) is 2.88. The number of rotatable bonds is 2. The fourth-order valence-corrected chi connectivity index (χ4v) is 2.32. The Balaban J connectivity index is 2.15. The number of nitrogens with zero attached hydrogens (tertiary/aromatic N) is 2. The fraction of sp³-hybridized carbons (Fsp3) is 0.111.